The van der Waals surface area contributed by atoms with E-state index in [1.807, 2.05) is 0 Å². The summed E-state index contributed by atoms with van der Waals surface area (Å²) in [5, 5.41) is 10.3. The number of alkyl halides is 2. The summed E-state index contributed by atoms with van der Waals surface area (Å²) >= 11 is 0. The molecule has 0 saturated heterocycles. The predicted molar refractivity (Wildman–Crippen MR) is 44.2 cm³/mol. The summed E-state index contributed by atoms with van der Waals surface area (Å²) in [6.45, 7) is 0.377. The third-order valence-corrected chi connectivity index (χ3v) is 1.48. The lowest BCUT2D eigenvalue weighted by Gasteiger charge is -2.06. The Morgan fingerprint density at radius 2 is 2.14 bits per heavy atom. The van der Waals surface area contributed by atoms with Crippen LogP contribution in [0.1, 0.15) is 5.56 Å². The Morgan fingerprint density at radius 3 is 2.64 bits per heavy atom. The molecule has 0 fully saturated rings. The van der Waals surface area contributed by atoms with Crippen molar-refractivity contribution in [2.75, 3.05) is 0 Å². The van der Waals surface area contributed by atoms with Crippen molar-refractivity contribution in [3.63, 3.8) is 0 Å². The van der Waals surface area contributed by atoms with E-state index in [-0.39, 0.29) is 17.0 Å². The fourth-order valence-corrected chi connectivity index (χ4v) is 0.862. The van der Waals surface area contributed by atoms with E-state index in [0.717, 1.165) is 6.07 Å². The van der Waals surface area contributed by atoms with Crippen molar-refractivity contribution in [3.8, 4) is 5.75 Å². The number of nitro benzene ring substituents is 1. The maximum absolute atomic E-state index is 11.8. The van der Waals surface area contributed by atoms with Crippen molar-refractivity contribution in [1.29, 1.82) is 0 Å². The van der Waals surface area contributed by atoms with Gasteiger partial charge in [-0.2, -0.15) is 8.78 Å². The molecule has 0 aliphatic rings. The zero-order valence-electron chi connectivity index (χ0n) is 6.94. The van der Waals surface area contributed by atoms with Crippen LogP contribution in [0.4, 0.5) is 14.5 Å². The van der Waals surface area contributed by atoms with Gasteiger partial charge in [0.2, 0.25) is 0 Å². The third-order valence-electron chi connectivity index (χ3n) is 1.48. The van der Waals surface area contributed by atoms with Gasteiger partial charge in [0, 0.05) is 6.07 Å². The molecule has 0 saturated carbocycles. The van der Waals surface area contributed by atoms with Crippen molar-refractivity contribution < 1.29 is 18.4 Å². The molecule has 1 aromatic carbocycles. The van der Waals surface area contributed by atoms with Gasteiger partial charge in [-0.05, 0) is 18.6 Å². The molecular weight excluding hydrogens is 196 g/mol. The number of nitrogens with zero attached hydrogens (tertiary/aromatic N) is 1. The maximum atomic E-state index is 11.8. The van der Waals surface area contributed by atoms with Gasteiger partial charge >= 0.3 is 6.61 Å². The first-order chi connectivity index (χ1) is 6.50. The highest BCUT2D eigenvalue weighted by molar-refractivity contribution is 5.45. The molecule has 0 spiro atoms. The molecule has 0 atom stereocenters. The zero-order chi connectivity index (χ0) is 10.7. The smallest absolute Gasteiger partial charge is 0.387 e. The molecule has 0 unspecified atom stereocenters. The SMILES string of the molecule is [CH2]c1ccc([N+](=O)[O-])cc1OC(F)F. The van der Waals surface area contributed by atoms with E-state index in [2.05, 4.69) is 11.7 Å². The normalized spacial score (nSPS) is 10.3. The molecule has 14 heavy (non-hydrogen) atoms. The lowest BCUT2D eigenvalue weighted by molar-refractivity contribution is -0.385. The standard InChI is InChI=1S/C8H6F2NO3/c1-5-2-3-6(11(12)13)4-7(5)14-8(9)10/h2-4,8H,1H2. The molecule has 0 aromatic heterocycles. The molecule has 0 heterocycles. The van der Waals surface area contributed by atoms with Gasteiger partial charge in [0.15, 0.2) is 0 Å². The van der Waals surface area contributed by atoms with E-state index >= 15 is 0 Å². The van der Waals surface area contributed by atoms with Crippen molar-refractivity contribution in [1.82, 2.24) is 0 Å². The highest BCUT2D eigenvalue weighted by atomic mass is 19.3. The molecule has 4 nitrogen and oxygen atoms in total. The minimum Gasteiger partial charge on any atom is -0.434 e. The largest absolute Gasteiger partial charge is 0.434 e. The summed E-state index contributed by atoms with van der Waals surface area (Å²) < 4.78 is 27.7. The van der Waals surface area contributed by atoms with Crippen molar-refractivity contribution in [3.05, 3.63) is 40.8 Å². The Labute approximate surface area is 78.3 Å². The monoisotopic (exact) mass is 202 g/mol. The minimum absolute atomic E-state index is 0.177. The van der Waals surface area contributed by atoms with Crippen LogP contribution >= 0.6 is 0 Å². The van der Waals surface area contributed by atoms with Crippen LogP contribution in [0.5, 0.6) is 5.75 Å². The van der Waals surface area contributed by atoms with Crippen molar-refractivity contribution >= 4 is 5.69 Å². The molecule has 1 rings (SSSR count). The lowest BCUT2D eigenvalue weighted by atomic mass is 10.2. The van der Waals surface area contributed by atoms with Crippen LogP contribution < -0.4 is 4.74 Å². The van der Waals surface area contributed by atoms with E-state index in [1.54, 1.807) is 0 Å². The first-order valence-electron chi connectivity index (χ1n) is 3.56. The Bertz CT molecular complexity index is 354. The number of ether oxygens (including phenoxy) is 1. The average Bonchev–Trinajstić information content (AvgIpc) is 2.07. The molecule has 6 heteroatoms. The van der Waals surface area contributed by atoms with Crippen LogP contribution in [-0.4, -0.2) is 11.5 Å². The second kappa shape index (κ2) is 3.99. The zero-order valence-corrected chi connectivity index (χ0v) is 6.94. The van der Waals surface area contributed by atoms with E-state index < -0.39 is 11.5 Å². The van der Waals surface area contributed by atoms with Gasteiger partial charge < -0.3 is 4.74 Å². The van der Waals surface area contributed by atoms with Gasteiger partial charge in [0.1, 0.15) is 5.75 Å². The van der Waals surface area contributed by atoms with Crippen LogP contribution in [-0.2, 0) is 0 Å². The second-order valence-corrected chi connectivity index (χ2v) is 2.43. The Morgan fingerprint density at radius 1 is 1.50 bits per heavy atom. The van der Waals surface area contributed by atoms with Crippen LogP contribution in [0.25, 0.3) is 0 Å². The number of benzene rings is 1. The van der Waals surface area contributed by atoms with E-state index in [0.29, 0.717) is 0 Å². The summed E-state index contributed by atoms with van der Waals surface area (Å²) in [4.78, 5) is 9.60. The molecule has 0 bridgehead atoms. The number of hydrogen-bond donors (Lipinski definition) is 0. The topological polar surface area (TPSA) is 52.4 Å². The van der Waals surface area contributed by atoms with Gasteiger partial charge in [-0.1, -0.05) is 0 Å². The van der Waals surface area contributed by atoms with Crippen molar-refractivity contribution in [2.24, 2.45) is 0 Å². The first-order valence-corrected chi connectivity index (χ1v) is 3.56. The molecular formula is C8H6F2NO3. The van der Waals surface area contributed by atoms with Crippen LogP contribution in [0.2, 0.25) is 0 Å². The van der Waals surface area contributed by atoms with Gasteiger partial charge in [-0.15, -0.1) is 0 Å². The molecule has 1 radical (unpaired) electrons. The molecule has 0 amide bonds. The molecule has 1 aromatic rings. The summed E-state index contributed by atoms with van der Waals surface area (Å²) in [7, 11) is 0. The average molecular weight is 202 g/mol. The first kappa shape index (κ1) is 10.4. The lowest BCUT2D eigenvalue weighted by Crippen LogP contribution is -2.03. The van der Waals surface area contributed by atoms with E-state index in [9.17, 15) is 18.9 Å². The predicted octanol–water partition coefficient (Wildman–Crippen LogP) is 2.38. The van der Waals surface area contributed by atoms with Crippen LogP contribution in [0.3, 0.4) is 0 Å². The summed E-state index contributed by atoms with van der Waals surface area (Å²) in [6.07, 6.45) is 0. The third kappa shape index (κ3) is 2.38. The van der Waals surface area contributed by atoms with Gasteiger partial charge in [-0.25, -0.2) is 0 Å². The van der Waals surface area contributed by atoms with Gasteiger partial charge in [-0.3, -0.25) is 10.1 Å². The van der Waals surface area contributed by atoms with E-state index in [4.69, 9.17) is 0 Å². The Balaban J connectivity index is 3.02. The number of hydrogen-bond acceptors (Lipinski definition) is 3. The number of halogens is 2. The second-order valence-electron chi connectivity index (χ2n) is 2.43. The number of nitro groups is 1. The minimum atomic E-state index is -3.02. The number of non-ortho nitro benzene ring substituents is 1. The number of rotatable bonds is 3. The fraction of sp³-hybridized carbons (Fsp3) is 0.125. The van der Waals surface area contributed by atoms with Crippen LogP contribution in [0, 0.1) is 17.0 Å². The molecule has 0 aliphatic carbocycles. The summed E-state index contributed by atoms with van der Waals surface area (Å²) in [5.41, 5.74) is -0.135. The van der Waals surface area contributed by atoms with E-state index in [1.165, 1.54) is 12.1 Å². The Kier molecular flexibility index (Phi) is 2.95. The molecule has 0 N–H and O–H groups in total. The fourth-order valence-electron chi connectivity index (χ4n) is 0.862. The summed E-state index contributed by atoms with van der Waals surface area (Å²) in [5.74, 6) is -0.283. The van der Waals surface area contributed by atoms with Gasteiger partial charge in [0.25, 0.3) is 5.69 Å². The highest BCUT2D eigenvalue weighted by Crippen LogP contribution is 2.25. The van der Waals surface area contributed by atoms with Gasteiger partial charge in [0.05, 0.1) is 11.0 Å². The molecule has 75 valence electrons. The Hall–Kier alpha value is -1.72. The van der Waals surface area contributed by atoms with Crippen molar-refractivity contribution in [2.45, 2.75) is 6.61 Å². The quantitative estimate of drug-likeness (QED) is 0.558. The highest BCUT2D eigenvalue weighted by Gasteiger charge is 2.12. The summed E-state index contributed by atoms with van der Waals surface area (Å²) in [6, 6.07) is 3.32. The molecule has 0 aliphatic heterocycles. The van der Waals surface area contributed by atoms with Crippen LogP contribution in [0.15, 0.2) is 18.2 Å². The maximum Gasteiger partial charge on any atom is 0.387 e.